The van der Waals surface area contributed by atoms with Crippen molar-refractivity contribution in [2.75, 3.05) is 19.6 Å². The number of hydrogen-bond donors (Lipinski definition) is 1. The summed E-state index contributed by atoms with van der Waals surface area (Å²) < 4.78 is 1.29. The Balaban J connectivity index is 1.61. The van der Waals surface area contributed by atoms with E-state index in [0.717, 1.165) is 25.1 Å². The van der Waals surface area contributed by atoms with Crippen molar-refractivity contribution < 1.29 is 9.59 Å². The third-order valence-electron chi connectivity index (χ3n) is 5.89. The third-order valence-corrected chi connectivity index (χ3v) is 5.89. The normalized spacial score (nSPS) is 23.2. The first-order valence-electron chi connectivity index (χ1n) is 9.50. The van der Waals surface area contributed by atoms with E-state index in [9.17, 15) is 14.4 Å². The fraction of sp³-hybridized carbons (Fsp3) is 0.579. The second-order valence-electron chi connectivity index (χ2n) is 8.06. The molecule has 0 radical (unpaired) electrons. The second-order valence-corrected chi connectivity index (χ2v) is 8.06. The molecule has 0 aliphatic carbocycles. The number of aryl methyl sites for hydroxylation is 1. The maximum atomic E-state index is 13.0. The van der Waals surface area contributed by atoms with Gasteiger partial charge in [-0.2, -0.15) is 0 Å². The average molecular weight is 371 g/mol. The second kappa shape index (κ2) is 6.21. The van der Waals surface area contributed by atoms with Gasteiger partial charge in [0.1, 0.15) is 5.56 Å². The molecule has 27 heavy (non-hydrogen) atoms. The third kappa shape index (κ3) is 2.74. The van der Waals surface area contributed by atoms with Gasteiger partial charge in [0.15, 0.2) is 5.65 Å². The van der Waals surface area contributed by atoms with Gasteiger partial charge < -0.3 is 9.80 Å². The number of nitrogens with zero attached hydrogens (tertiary/aromatic N) is 4. The van der Waals surface area contributed by atoms with Gasteiger partial charge in [0.25, 0.3) is 11.5 Å². The molecule has 4 rings (SSSR count). The van der Waals surface area contributed by atoms with Crippen LogP contribution in [-0.2, 0) is 4.79 Å². The zero-order valence-electron chi connectivity index (χ0n) is 16.0. The molecule has 0 aromatic carbocycles. The van der Waals surface area contributed by atoms with Gasteiger partial charge in [-0.3, -0.25) is 19.5 Å². The summed E-state index contributed by atoms with van der Waals surface area (Å²) in [7, 11) is 0. The molecule has 1 spiro atoms. The van der Waals surface area contributed by atoms with Crippen LogP contribution in [0.2, 0.25) is 0 Å². The highest BCUT2D eigenvalue weighted by molar-refractivity contribution is 5.95. The summed E-state index contributed by atoms with van der Waals surface area (Å²) in [6.07, 6.45) is 3.75. The van der Waals surface area contributed by atoms with Gasteiger partial charge >= 0.3 is 0 Å². The van der Waals surface area contributed by atoms with E-state index in [0.29, 0.717) is 25.2 Å². The van der Waals surface area contributed by atoms with Crippen molar-refractivity contribution in [2.24, 2.45) is 5.41 Å². The van der Waals surface area contributed by atoms with Crippen LogP contribution in [0, 0.1) is 12.3 Å². The number of rotatable bonds is 2. The fourth-order valence-corrected chi connectivity index (χ4v) is 4.42. The summed E-state index contributed by atoms with van der Waals surface area (Å²) in [5, 5.41) is 2.90. The summed E-state index contributed by atoms with van der Waals surface area (Å²) in [5.74, 6) is -0.204. The average Bonchev–Trinajstić information content (AvgIpc) is 3.21. The molecule has 1 atom stereocenters. The van der Waals surface area contributed by atoms with E-state index in [1.807, 2.05) is 25.7 Å². The van der Waals surface area contributed by atoms with Crippen molar-refractivity contribution in [1.29, 1.82) is 0 Å². The van der Waals surface area contributed by atoms with Gasteiger partial charge in [-0.25, -0.2) is 9.50 Å². The van der Waals surface area contributed by atoms with Gasteiger partial charge in [0.2, 0.25) is 5.91 Å². The van der Waals surface area contributed by atoms with Gasteiger partial charge in [-0.1, -0.05) is 0 Å². The zero-order valence-corrected chi connectivity index (χ0v) is 16.0. The molecular formula is C19H25N5O3. The molecule has 2 aromatic heterocycles. The topological polar surface area (TPSA) is 90.8 Å². The summed E-state index contributed by atoms with van der Waals surface area (Å²) in [6.45, 7) is 7.52. The SMILES string of the molecule is Cc1cc2ncc(C(=O)N3CC[C@]4(CCCN(C(C)C)C4=O)C3)c(=O)n2[nH]1. The Morgan fingerprint density at radius 3 is 2.78 bits per heavy atom. The Morgan fingerprint density at radius 2 is 2.04 bits per heavy atom. The lowest BCUT2D eigenvalue weighted by atomic mass is 9.78. The number of carbonyl (C=O) groups is 2. The summed E-state index contributed by atoms with van der Waals surface area (Å²) in [5.41, 5.74) is 0.413. The van der Waals surface area contributed by atoms with E-state index in [-0.39, 0.29) is 23.4 Å². The standard InChI is InChI=1S/C19H25N5O3/c1-12(2)23-7-4-5-19(18(23)27)6-8-22(11-19)16(25)14-10-20-15-9-13(3)21-24(15)17(14)26/h9-10,12,21H,4-8,11H2,1-3H3/t19-/m1/s1. The van der Waals surface area contributed by atoms with Crippen LogP contribution in [0.25, 0.3) is 5.65 Å². The maximum Gasteiger partial charge on any atom is 0.285 e. The molecule has 1 N–H and O–H groups in total. The van der Waals surface area contributed by atoms with Crippen molar-refractivity contribution in [1.82, 2.24) is 24.4 Å². The molecule has 2 saturated heterocycles. The Labute approximate surface area is 157 Å². The van der Waals surface area contributed by atoms with Crippen LogP contribution in [0.15, 0.2) is 17.1 Å². The van der Waals surface area contributed by atoms with E-state index >= 15 is 0 Å². The summed E-state index contributed by atoms with van der Waals surface area (Å²) in [4.78, 5) is 46.5. The molecule has 0 saturated carbocycles. The Hall–Kier alpha value is -2.64. The van der Waals surface area contributed by atoms with Crippen LogP contribution in [0.1, 0.15) is 49.2 Å². The highest BCUT2D eigenvalue weighted by Gasteiger charge is 2.50. The lowest BCUT2D eigenvalue weighted by Gasteiger charge is -2.41. The molecule has 2 fully saturated rings. The van der Waals surface area contributed by atoms with Crippen molar-refractivity contribution in [3.05, 3.63) is 33.9 Å². The van der Waals surface area contributed by atoms with E-state index in [1.54, 1.807) is 11.0 Å². The van der Waals surface area contributed by atoms with Crippen LogP contribution in [0.4, 0.5) is 0 Å². The van der Waals surface area contributed by atoms with Crippen LogP contribution >= 0.6 is 0 Å². The lowest BCUT2D eigenvalue weighted by molar-refractivity contribution is -0.147. The molecule has 4 heterocycles. The van der Waals surface area contributed by atoms with Crippen LogP contribution in [-0.4, -0.2) is 61.9 Å². The smallest absolute Gasteiger partial charge is 0.285 e. The highest BCUT2D eigenvalue weighted by atomic mass is 16.2. The first-order chi connectivity index (χ1) is 12.8. The minimum absolute atomic E-state index is 0.0374. The number of aromatic amines is 1. The Bertz CT molecular complexity index is 975. The number of likely N-dealkylation sites (tertiary alicyclic amines) is 2. The molecule has 0 bridgehead atoms. The minimum Gasteiger partial charge on any atom is -0.340 e. The number of aromatic nitrogens is 3. The number of H-pyrrole nitrogens is 1. The summed E-state index contributed by atoms with van der Waals surface area (Å²) >= 11 is 0. The number of nitrogens with one attached hydrogen (secondary N) is 1. The zero-order chi connectivity index (χ0) is 19.3. The number of hydrogen-bond acceptors (Lipinski definition) is 4. The molecule has 144 valence electrons. The van der Waals surface area contributed by atoms with E-state index in [4.69, 9.17) is 0 Å². The van der Waals surface area contributed by atoms with Gasteiger partial charge in [0, 0.05) is 43.6 Å². The highest BCUT2D eigenvalue weighted by Crippen LogP contribution is 2.40. The quantitative estimate of drug-likeness (QED) is 0.859. The summed E-state index contributed by atoms with van der Waals surface area (Å²) in [6, 6.07) is 1.91. The van der Waals surface area contributed by atoms with Crippen molar-refractivity contribution >= 4 is 17.5 Å². The van der Waals surface area contributed by atoms with Crippen molar-refractivity contribution in [3.63, 3.8) is 0 Å². The van der Waals surface area contributed by atoms with Crippen LogP contribution in [0.5, 0.6) is 0 Å². The van der Waals surface area contributed by atoms with Gasteiger partial charge in [-0.05, 0) is 40.0 Å². The number of fused-ring (bicyclic) bond motifs is 1. The first-order valence-corrected chi connectivity index (χ1v) is 9.50. The van der Waals surface area contributed by atoms with E-state index < -0.39 is 11.0 Å². The van der Waals surface area contributed by atoms with Gasteiger partial charge in [0.05, 0.1) is 5.41 Å². The molecule has 2 aliphatic heterocycles. The molecular weight excluding hydrogens is 346 g/mol. The molecule has 2 aliphatic rings. The van der Waals surface area contributed by atoms with Crippen LogP contribution < -0.4 is 5.56 Å². The Kier molecular flexibility index (Phi) is 4.09. The Morgan fingerprint density at radius 1 is 1.26 bits per heavy atom. The largest absolute Gasteiger partial charge is 0.340 e. The predicted octanol–water partition coefficient (Wildman–Crippen LogP) is 1.19. The molecule has 8 nitrogen and oxygen atoms in total. The fourth-order valence-electron chi connectivity index (χ4n) is 4.42. The first kappa shape index (κ1) is 17.8. The molecule has 2 aromatic rings. The maximum absolute atomic E-state index is 13.0. The van der Waals surface area contributed by atoms with E-state index in [1.165, 1.54) is 10.7 Å². The molecule has 2 amide bonds. The van der Waals surface area contributed by atoms with Crippen molar-refractivity contribution in [3.8, 4) is 0 Å². The molecule has 0 unspecified atom stereocenters. The van der Waals surface area contributed by atoms with Crippen LogP contribution in [0.3, 0.4) is 0 Å². The van der Waals surface area contributed by atoms with Gasteiger partial charge in [-0.15, -0.1) is 0 Å². The van der Waals surface area contributed by atoms with Crippen molar-refractivity contribution in [2.45, 2.75) is 46.1 Å². The minimum atomic E-state index is -0.505. The lowest BCUT2D eigenvalue weighted by Crippen LogP contribution is -2.52. The number of carbonyl (C=O) groups excluding carboxylic acids is 2. The predicted molar refractivity (Wildman–Crippen MR) is 99.6 cm³/mol. The molecule has 8 heteroatoms. The number of amides is 2. The monoisotopic (exact) mass is 371 g/mol. The van der Waals surface area contributed by atoms with E-state index in [2.05, 4.69) is 10.1 Å². The number of piperidine rings is 1.